The number of fused-ring (bicyclic) bond motifs is 2. The van der Waals surface area contributed by atoms with Crippen molar-refractivity contribution in [2.75, 3.05) is 19.9 Å². The molecule has 1 atom stereocenters. The fourth-order valence-electron chi connectivity index (χ4n) is 3.12. The second kappa shape index (κ2) is 8.98. The fraction of sp³-hybridized carbons (Fsp3) is 0.200. The van der Waals surface area contributed by atoms with E-state index >= 15 is 0 Å². The molecule has 0 aliphatic carbocycles. The molecular formula is C20H19BrN6O3S. The van der Waals surface area contributed by atoms with Crippen LogP contribution in [0.5, 0.6) is 5.88 Å². The number of ether oxygens (including phenoxy) is 1. The molecule has 5 rings (SSSR count). The van der Waals surface area contributed by atoms with Gasteiger partial charge in [0, 0.05) is 30.0 Å². The van der Waals surface area contributed by atoms with E-state index in [0.717, 1.165) is 10.2 Å². The van der Waals surface area contributed by atoms with Crippen LogP contribution in [0, 0.1) is 0 Å². The van der Waals surface area contributed by atoms with Crippen LogP contribution in [0.15, 0.2) is 57.0 Å². The zero-order chi connectivity index (χ0) is 22.0. The number of carbonyl (C=O) groups excluding carboxylic acids is 1. The zero-order valence-electron chi connectivity index (χ0n) is 16.8. The molecule has 31 heavy (non-hydrogen) atoms. The van der Waals surface area contributed by atoms with Crippen LogP contribution in [-0.2, 0) is 17.3 Å². The molecule has 160 valence electrons. The van der Waals surface area contributed by atoms with E-state index in [0.29, 0.717) is 40.5 Å². The number of nitrogens with one attached hydrogen (secondary N) is 2. The smallest absolute Gasteiger partial charge is 0.256 e. The number of carbonyl (C=O) groups is 1. The van der Waals surface area contributed by atoms with Crippen LogP contribution in [0.1, 0.15) is 10.4 Å². The lowest BCUT2D eigenvalue weighted by Gasteiger charge is -2.19. The first kappa shape index (κ1) is 21.2. The summed E-state index contributed by atoms with van der Waals surface area (Å²) in [6, 6.07) is 10.8. The Labute approximate surface area is 188 Å². The quantitative estimate of drug-likeness (QED) is 0.402. The Morgan fingerprint density at radius 3 is 2.81 bits per heavy atom. The normalized spacial score (nSPS) is 12.9. The van der Waals surface area contributed by atoms with Gasteiger partial charge < -0.3 is 15.0 Å². The maximum absolute atomic E-state index is 12.4. The average molecular weight is 503 g/mol. The van der Waals surface area contributed by atoms with E-state index in [-0.39, 0.29) is 11.8 Å². The van der Waals surface area contributed by atoms with Crippen molar-refractivity contribution in [3.63, 3.8) is 0 Å². The lowest BCUT2D eigenvalue weighted by Crippen LogP contribution is -2.32. The number of hydrogen-bond donors (Lipinski definition) is 2. The molecule has 5 aromatic rings. The highest BCUT2D eigenvalue weighted by atomic mass is 79.9. The highest BCUT2D eigenvalue weighted by molar-refractivity contribution is 9.10. The van der Waals surface area contributed by atoms with Crippen LogP contribution in [-0.4, -0.2) is 49.5 Å². The Morgan fingerprint density at radius 2 is 2.10 bits per heavy atom. The van der Waals surface area contributed by atoms with Gasteiger partial charge in [-0.3, -0.25) is 13.6 Å². The monoisotopic (exact) mass is 502 g/mol. The summed E-state index contributed by atoms with van der Waals surface area (Å²) in [6.45, 7) is 0.811. The highest BCUT2D eigenvalue weighted by Gasteiger charge is 2.19. The molecule has 4 aromatic heterocycles. The molecule has 0 radical (unpaired) electrons. The number of nitrogens with zero attached hydrogens (tertiary/aromatic N) is 4. The molecule has 1 amide bonds. The summed E-state index contributed by atoms with van der Waals surface area (Å²) >= 11 is 3.40. The second-order valence-electron chi connectivity index (χ2n) is 6.57. The fourth-order valence-corrected chi connectivity index (χ4v) is 4.16. The van der Waals surface area contributed by atoms with Gasteiger partial charge in [0.2, 0.25) is 11.7 Å². The van der Waals surface area contributed by atoms with Crippen LogP contribution in [0.4, 0.5) is 5.69 Å². The molecule has 0 saturated heterocycles. The van der Waals surface area contributed by atoms with Crippen molar-refractivity contribution in [2.24, 2.45) is 4.99 Å². The van der Waals surface area contributed by atoms with Gasteiger partial charge in [0.25, 0.3) is 5.91 Å². The van der Waals surface area contributed by atoms with E-state index in [1.807, 2.05) is 28.8 Å². The third-order valence-electron chi connectivity index (χ3n) is 4.56. The van der Waals surface area contributed by atoms with E-state index in [2.05, 4.69) is 41.2 Å². The van der Waals surface area contributed by atoms with Gasteiger partial charge in [0.05, 0.1) is 23.6 Å². The Bertz CT molecular complexity index is 1310. The van der Waals surface area contributed by atoms with E-state index in [9.17, 15) is 9.00 Å². The third-order valence-corrected chi connectivity index (χ3v) is 6.04. The van der Waals surface area contributed by atoms with Crippen molar-refractivity contribution in [3.05, 3.63) is 58.1 Å². The lowest BCUT2D eigenvalue weighted by atomic mass is 10.2. The molecule has 1 aromatic carbocycles. The molecule has 0 aliphatic rings. The maximum atomic E-state index is 12.4. The van der Waals surface area contributed by atoms with Crippen molar-refractivity contribution in [2.45, 2.75) is 11.4 Å². The minimum atomic E-state index is -1.31. The summed E-state index contributed by atoms with van der Waals surface area (Å²) in [6.07, 6.45) is 3.15. The number of H-pyrrole nitrogens is 1. The lowest BCUT2D eigenvalue weighted by molar-refractivity contribution is 0.0948. The van der Waals surface area contributed by atoms with Crippen molar-refractivity contribution in [1.82, 2.24) is 24.8 Å². The van der Waals surface area contributed by atoms with Gasteiger partial charge in [-0.2, -0.15) is 4.98 Å². The zero-order valence-corrected chi connectivity index (χ0v) is 19.2. The maximum Gasteiger partial charge on any atom is 0.256 e. The summed E-state index contributed by atoms with van der Waals surface area (Å²) in [7, 11) is 0.164. The first-order chi connectivity index (χ1) is 15.0. The SMILES string of the molecule is COc1ncccc1C(=O)NCCn1c2nc(=Nc3ccc(Br)cc3)c(S(C)=O)c1[nH]2. The molecular weight excluding hydrogens is 484 g/mol. The number of pyridine rings is 1. The average Bonchev–Trinajstić information content (AvgIpc) is 2.77. The van der Waals surface area contributed by atoms with Gasteiger partial charge >= 0.3 is 0 Å². The van der Waals surface area contributed by atoms with E-state index in [4.69, 9.17) is 4.74 Å². The number of rotatable bonds is 7. The van der Waals surface area contributed by atoms with Crippen molar-refractivity contribution in [3.8, 4) is 5.88 Å². The Hall–Kier alpha value is -3.05. The topological polar surface area (TPSA) is 114 Å². The molecule has 0 aliphatic heterocycles. The van der Waals surface area contributed by atoms with Crippen molar-refractivity contribution < 1.29 is 13.7 Å². The second-order valence-corrected chi connectivity index (χ2v) is 8.80. The number of aromatic amines is 1. The van der Waals surface area contributed by atoms with Crippen LogP contribution in [0.25, 0.3) is 11.4 Å². The van der Waals surface area contributed by atoms with Crippen LogP contribution >= 0.6 is 15.9 Å². The highest BCUT2D eigenvalue weighted by Crippen LogP contribution is 2.19. The standard InChI is InChI=1S/C20H19BrN6O3S/c1-30-19-14(4-3-9-23-19)18(28)22-10-11-27-17-15(31(2)29)16(25-20(27)26-17)24-13-7-5-12(21)6-8-13/h3-9H,10-11H2,1-2H3,(H,22,28)(H,24,25,26). The first-order valence-electron chi connectivity index (χ1n) is 9.30. The minimum absolute atomic E-state index is 0.270. The molecule has 0 fully saturated rings. The van der Waals surface area contributed by atoms with Gasteiger partial charge in [-0.05, 0) is 36.4 Å². The summed E-state index contributed by atoms with van der Waals surface area (Å²) in [4.78, 5) is 29.1. The summed E-state index contributed by atoms with van der Waals surface area (Å²) in [5.74, 6) is 0.594. The first-order valence-corrected chi connectivity index (χ1v) is 11.7. The number of aromatic nitrogens is 4. The molecule has 2 bridgehead atoms. The van der Waals surface area contributed by atoms with E-state index < -0.39 is 10.8 Å². The van der Waals surface area contributed by atoms with Gasteiger partial charge in [-0.25, -0.2) is 9.98 Å². The van der Waals surface area contributed by atoms with Crippen molar-refractivity contribution >= 4 is 49.7 Å². The summed E-state index contributed by atoms with van der Waals surface area (Å²) in [5.41, 5.74) is 2.20. The van der Waals surface area contributed by atoms with E-state index in [1.54, 1.807) is 24.6 Å². The Balaban J connectivity index is 1.54. The molecule has 0 spiro atoms. The van der Waals surface area contributed by atoms with Gasteiger partial charge in [-0.1, -0.05) is 15.9 Å². The van der Waals surface area contributed by atoms with Crippen LogP contribution in [0.2, 0.25) is 0 Å². The summed E-state index contributed by atoms with van der Waals surface area (Å²) < 4.78 is 20.4. The molecule has 11 heteroatoms. The molecule has 9 nitrogen and oxygen atoms in total. The summed E-state index contributed by atoms with van der Waals surface area (Å²) in [5, 5.41) is 2.85. The molecule has 4 heterocycles. The molecule has 0 saturated carbocycles. The van der Waals surface area contributed by atoms with Gasteiger partial charge in [-0.15, -0.1) is 0 Å². The number of hydrogen-bond acceptors (Lipinski definition) is 6. The minimum Gasteiger partial charge on any atom is -0.480 e. The molecule has 2 N–H and O–H groups in total. The van der Waals surface area contributed by atoms with Crippen molar-refractivity contribution in [1.29, 1.82) is 0 Å². The molecule has 1 unspecified atom stereocenters. The number of halogens is 1. The van der Waals surface area contributed by atoms with Crippen LogP contribution in [0.3, 0.4) is 0 Å². The predicted octanol–water partition coefficient (Wildman–Crippen LogP) is 2.37. The largest absolute Gasteiger partial charge is 0.480 e. The Kier molecular flexibility index (Phi) is 6.14. The van der Waals surface area contributed by atoms with Gasteiger partial charge in [0.15, 0.2) is 5.49 Å². The van der Waals surface area contributed by atoms with E-state index in [1.165, 1.54) is 7.11 Å². The number of methoxy groups -OCH3 is 1. The van der Waals surface area contributed by atoms with Gasteiger partial charge in [0.1, 0.15) is 16.1 Å². The Morgan fingerprint density at radius 1 is 1.32 bits per heavy atom. The third kappa shape index (κ3) is 4.37. The number of benzene rings is 1. The number of amides is 1. The predicted molar refractivity (Wildman–Crippen MR) is 120 cm³/mol. The van der Waals surface area contributed by atoms with Crippen LogP contribution < -0.4 is 15.5 Å².